The number of methoxy groups -OCH3 is 1. The highest BCUT2D eigenvalue weighted by Gasteiger charge is 2.11. The van der Waals surface area contributed by atoms with E-state index in [0.717, 1.165) is 0 Å². The molecule has 0 atom stereocenters. The zero-order chi connectivity index (χ0) is 21.5. The molecule has 0 saturated heterocycles. The standard InChI is InChI=1S/C20H21N7O3/c1-12(28)24-14-5-7-15(8-6-14)25-18-17(21)19(23-11-22-18)26-27-20(29)13-3-9-16(30-2)10-4-13/h3-11H,21H2,1-2H3,(H,24,28)(H,27,29)(H2,22,23,25,26). The average Bonchev–Trinajstić information content (AvgIpc) is 2.75. The number of ether oxygens (including phenoxy) is 1. The lowest BCUT2D eigenvalue weighted by atomic mass is 10.2. The monoisotopic (exact) mass is 407 g/mol. The van der Waals surface area contributed by atoms with Gasteiger partial charge >= 0.3 is 0 Å². The van der Waals surface area contributed by atoms with Crippen LogP contribution < -0.4 is 32.0 Å². The number of nitrogens with one attached hydrogen (secondary N) is 4. The summed E-state index contributed by atoms with van der Waals surface area (Å²) in [6.07, 6.45) is 1.31. The maximum Gasteiger partial charge on any atom is 0.269 e. The van der Waals surface area contributed by atoms with Crippen LogP contribution in [0, 0.1) is 0 Å². The predicted molar refractivity (Wildman–Crippen MR) is 115 cm³/mol. The molecule has 0 spiro atoms. The summed E-state index contributed by atoms with van der Waals surface area (Å²) in [6.45, 7) is 1.44. The van der Waals surface area contributed by atoms with Crippen molar-refractivity contribution in [3.8, 4) is 5.75 Å². The fourth-order valence-electron chi connectivity index (χ4n) is 2.50. The molecule has 10 heteroatoms. The fraction of sp³-hybridized carbons (Fsp3) is 0.100. The largest absolute Gasteiger partial charge is 0.497 e. The normalized spacial score (nSPS) is 10.1. The van der Waals surface area contributed by atoms with Crippen molar-refractivity contribution in [3.05, 3.63) is 60.4 Å². The Labute approximate surface area is 172 Å². The van der Waals surface area contributed by atoms with E-state index in [2.05, 4.69) is 31.5 Å². The zero-order valence-corrected chi connectivity index (χ0v) is 16.4. The second-order valence-electron chi connectivity index (χ2n) is 6.18. The lowest BCUT2D eigenvalue weighted by Gasteiger charge is -2.13. The summed E-state index contributed by atoms with van der Waals surface area (Å²) in [5.74, 6) is 0.741. The number of carbonyl (C=O) groups excluding carboxylic acids is 2. The van der Waals surface area contributed by atoms with Crippen LogP contribution in [0.3, 0.4) is 0 Å². The van der Waals surface area contributed by atoms with E-state index in [1.165, 1.54) is 13.3 Å². The first-order valence-corrected chi connectivity index (χ1v) is 8.92. The van der Waals surface area contributed by atoms with Crippen LogP contribution in [0.2, 0.25) is 0 Å². The molecule has 0 aliphatic heterocycles. The molecular weight excluding hydrogens is 386 g/mol. The van der Waals surface area contributed by atoms with Crippen molar-refractivity contribution >= 4 is 40.5 Å². The van der Waals surface area contributed by atoms with Gasteiger partial charge in [0.05, 0.1) is 7.11 Å². The second kappa shape index (κ2) is 9.24. The van der Waals surface area contributed by atoms with Gasteiger partial charge in [0.2, 0.25) is 5.91 Å². The van der Waals surface area contributed by atoms with Crippen LogP contribution >= 0.6 is 0 Å². The summed E-state index contributed by atoms with van der Waals surface area (Å²) in [5.41, 5.74) is 13.4. The summed E-state index contributed by atoms with van der Waals surface area (Å²) >= 11 is 0. The number of nitrogens with two attached hydrogens (primary N) is 1. The Morgan fingerprint density at radius 2 is 1.57 bits per heavy atom. The molecule has 0 aliphatic rings. The van der Waals surface area contributed by atoms with E-state index >= 15 is 0 Å². The summed E-state index contributed by atoms with van der Waals surface area (Å²) in [7, 11) is 1.55. The number of carbonyl (C=O) groups is 2. The zero-order valence-electron chi connectivity index (χ0n) is 16.4. The molecule has 0 unspecified atom stereocenters. The van der Waals surface area contributed by atoms with Crippen LogP contribution in [0.25, 0.3) is 0 Å². The highest BCUT2D eigenvalue weighted by Crippen LogP contribution is 2.26. The van der Waals surface area contributed by atoms with Crippen LogP contribution in [-0.4, -0.2) is 28.9 Å². The van der Waals surface area contributed by atoms with Gasteiger partial charge in [0.25, 0.3) is 5.91 Å². The Bertz CT molecular complexity index is 1040. The van der Waals surface area contributed by atoms with Gasteiger partial charge in [-0.3, -0.25) is 20.4 Å². The van der Waals surface area contributed by atoms with E-state index in [9.17, 15) is 9.59 Å². The van der Waals surface area contributed by atoms with Gasteiger partial charge in [-0.2, -0.15) is 0 Å². The molecule has 3 rings (SSSR count). The first-order chi connectivity index (χ1) is 14.5. The van der Waals surface area contributed by atoms with Gasteiger partial charge < -0.3 is 21.1 Å². The van der Waals surface area contributed by atoms with Crippen LogP contribution in [0.15, 0.2) is 54.9 Å². The van der Waals surface area contributed by atoms with Crippen molar-refractivity contribution in [3.63, 3.8) is 0 Å². The molecule has 6 N–H and O–H groups in total. The SMILES string of the molecule is COc1ccc(C(=O)NNc2ncnc(Nc3ccc(NC(C)=O)cc3)c2N)cc1. The second-order valence-corrected chi connectivity index (χ2v) is 6.18. The number of aromatic nitrogens is 2. The van der Waals surface area contributed by atoms with Gasteiger partial charge in [-0.25, -0.2) is 9.97 Å². The number of hydrazine groups is 1. The third-order valence-electron chi connectivity index (χ3n) is 4.00. The lowest BCUT2D eigenvalue weighted by Crippen LogP contribution is -2.30. The molecule has 0 bridgehead atoms. The molecule has 0 radical (unpaired) electrons. The quantitative estimate of drug-likeness (QED) is 0.376. The molecule has 10 nitrogen and oxygen atoms in total. The molecule has 30 heavy (non-hydrogen) atoms. The number of amides is 2. The van der Waals surface area contributed by atoms with E-state index in [0.29, 0.717) is 28.5 Å². The van der Waals surface area contributed by atoms with Crippen LogP contribution in [-0.2, 0) is 4.79 Å². The number of hydrogen-bond donors (Lipinski definition) is 5. The maximum absolute atomic E-state index is 12.3. The van der Waals surface area contributed by atoms with E-state index < -0.39 is 0 Å². The number of benzene rings is 2. The van der Waals surface area contributed by atoms with E-state index in [1.54, 1.807) is 55.6 Å². The van der Waals surface area contributed by atoms with Gasteiger partial charge in [-0.05, 0) is 48.5 Å². The molecule has 154 valence electrons. The molecule has 0 aliphatic carbocycles. The number of rotatable bonds is 7. The molecule has 1 heterocycles. The maximum atomic E-state index is 12.3. The smallest absolute Gasteiger partial charge is 0.269 e. The van der Waals surface area contributed by atoms with Crippen molar-refractivity contribution in [1.82, 2.24) is 15.4 Å². The van der Waals surface area contributed by atoms with Crippen molar-refractivity contribution < 1.29 is 14.3 Å². The van der Waals surface area contributed by atoms with Crippen LogP contribution in [0.5, 0.6) is 5.75 Å². The first-order valence-electron chi connectivity index (χ1n) is 8.92. The fourth-order valence-corrected chi connectivity index (χ4v) is 2.50. The summed E-state index contributed by atoms with van der Waals surface area (Å²) < 4.78 is 5.07. The first kappa shape index (κ1) is 20.4. The van der Waals surface area contributed by atoms with Crippen molar-refractivity contribution in [2.24, 2.45) is 0 Å². The topological polar surface area (TPSA) is 143 Å². The van der Waals surface area contributed by atoms with Gasteiger partial charge in [0, 0.05) is 23.9 Å². The minimum Gasteiger partial charge on any atom is -0.497 e. The van der Waals surface area contributed by atoms with Crippen molar-refractivity contribution in [1.29, 1.82) is 0 Å². The summed E-state index contributed by atoms with van der Waals surface area (Å²) in [6, 6.07) is 13.7. The Balaban J connectivity index is 1.65. The highest BCUT2D eigenvalue weighted by molar-refractivity contribution is 5.95. The molecular formula is C20H21N7O3. The van der Waals surface area contributed by atoms with Gasteiger partial charge in [0.1, 0.15) is 17.8 Å². The van der Waals surface area contributed by atoms with Crippen molar-refractivity contribution in [2.75, 3.05) is 28.9 Å². The highest BCUT2D eigenvalue weighted by atomic mass is 16.5. The van der Waals surface area contributed by atoms with Gasteiger partial charge in [-0.1, -0.05) is 0 Å². The van der Waals surface area contributed by atoms with E-state index in [-0.39, 0.29) is 23.3 Å². The van der Waals surface area contributed by atoms with E-state index in [1.807, 2.05) is 0 Å². The summed E-state index contributed by atoms with van der Waals surface area (Å²) in [4.78, 5) is 31.5. The minimum atomic E-state index is -0.362. The Hall–Kier alpha value is -4.34. The molecule has 3 aromatic rings. The third-order valence-corrected chi connectivity index (χ3v) is 4.00. The molecule has 1 aromatic heterocycles. The Morgan fingerprint density at radius 1 is 0.933 bits per heavy atom. The molecule has 0 saturated carbocycles. The van der Waals surface area contributed by atoms with Crippen LogP contribution in [0.1, 0.15) is 17.3 Å². The Kier molecular flexibility index (Phi) is 6.28. The number of hydrogen-bond acceptors (Lipinski definition) is 8. The molecule has 0 fully saturated rings. The number of nitrogens with zero attached hydrogens (tertiary/aromatic N) is 2. The number of nitrogen functional groups attached to an aromatic ring is 1. The third kappa shape index (κ3) is 5.13. The van der Waals surface area contributed by atoms with Crippen molar-refractivity contribution in [2.45, 2.75) is 6.92 Å². The Morgan fingerprint density at radius 3 is 2.20 bits per heavy atom. The molecule has 2 amide bonds. The van der Waals surface area contributed by atoms with Gasteiger partial charge in [-0.15, -0.1) is 0 Å². The molecule has 2 aromatic carbocycles. The minimum absolute atomic E-state index is 0.150. The van der Waals surface area contributed by atoms with Gasteiger partial charge in [0.15, 0.2) is 11.6 Å². The number of anilines is 5. The van der Waals surface area contributed by atoms with E-state index in [4.69, 9.17) is 10.5 Å². The average molecular weight is 407 g/mol. The predicted octanol–water partition coefficient (Wildman–Crippen LogP) is 2.53. The lowest BCUT2D eigenvalue weighted by molar-refractivity contribution is -0.114. The van der Waals surface area contributed by atoms with Crippen LogP contribution in [0.4, 0.5) is 28.7 Å². The summed E-state index contributed by atoms with van der Waals surface area (Å²) in [5, 5.41) is 5.76.